The Morgan fingerprint density at radius 3 is 2.44 bits per heavy atom. The minimum atomic E-state index is 0. The van der Waals surface area contributed by atoms with E-state index in [0.717, 1.165) is 19.1 Å². The van der Waals surface area contributed by atoms with E-state index in [-0.39, 0.29) is 1.43 Å². The van der Waals surface area contributed by atoms with Gasteiger partial charge in [0.05, 0.1) is 6.04 Å². The molecule has 214 valence electrons. The highest BCUT2D eigenvalue weighted by Crippen LogP contribution is 2.41. The quantitative estimate of drug-likeness (QED) is 0.273. The number of nitrogens with one attached hydrogen (secondary N) is 1. The summed E-state index contributed by atoms with van der Waals surface area (Å²) in [5.74, 6) is 0. The third kappa shape index (κ3) is 9.53. The van der Waals surface area contributed by atoms with Crippen molar-refractivity contribution in [1.82, 2.24) is 9.88 Å². The predicted molar refractivity (Wildman–Crippen MR) is 172 cm³/mol. The Labute approximate surface area is 239 Å². The molecule has 4 rings (SSSR count). The highest BCUT2D eigenvalue weighted by Gasteiger charge is 2.29. The van der Waals surface area contributed by atoms with E-state index in [4.69, 9.17) is 4.79 Å². The van der Waals surface area contributed by atoms with Gasteiger partial charge in [-0.3, -0.25) is 4.99 Å². The molecule has 0 bridgehead atoms. The molecule has 0 radical (unpaired) electrons. The number of aliphatic imine (C=N–C) groups is 1. The molecule has 1 aromatic carbocycles. The summed E-state index contributed by atoms with van der Waals surface area (Å²) in [7, 11) is 3.94. The first-order valence-electron chi connectivity index (χ1n) is 14.9. The minimum Gasteiger partial charge on any atom is -0.378 e. The Kier molecular flexibility index (Phi) is 13.8. The first kappa shape index (κ1) is 32.1. The number of aryl methyl sites for hydroxylation is 1. The molecule has 0 amide bonds. The molecule has 1 aliphatic heterocycles. The van der Waals surface area contributed by atoms with Gasteiger partial charge >= 0.3 is 0 Å². The lowest BCUT2D eigenvalue weighted by Crippen LogP contribution is -2.35. The van der Waals surface area contributed by atoms with Crippen LogP contribution in [0, 0.1) is 5.41 Å². The Morgan fingerprint density at radius 1 is 1.13 bits per heavy atom. The van der Waals surface area contributed by atoms with Gasteiger partial charge in [0.25, 0.3) is 0 Å². The lowest BCUT2D eigenvalue weighted by molar-refractivity contribution is -0.106. The zero-order valence-corrected chi connectivity index (χ0v) is 25.5. The van der Waals surface area contributed by atoms with Crippen LogP contribution in [0.2, 0.25) is 0 Å². The molecular weight excluding hydrogens is 478 g/mol. The van der Waals surface area contributed by atoms with Crippen LogP contribution in [0.15, 0.2) is 77.1 Å². The largest absolute Gasteiger partial charge is 0.378 e. The minimum absolute atomic E-state index is 0. The van der Waals surface area contributed by atoms with Crippen molar-refractivity contribution in [3.8, 4) is 11.1 Å². The van der Waals surface area contributed by atoms with Crippen LogP contribution in [-0.2, 0) is 11.8 Å². The molecule has 1 N–H and O–H groups in total. The van der Waals surface area contributed by atoms with Gasteiger partial charge in [0.15, 0.2) is 0 Å². The fourth-order valence-electron chi connectivity index (χ4n) is 5.60. The van der Waals surface area contributed by atoms with Crippen molar-refractivity contribution in [3.05, 3.63) is 77.7 Å². The number of carbonyl (C=O) groups is 1. The average Bonchev–Trinajstić information content (AvgIpc) is 3.40. The van der Waals surface area contributed by atoms with E-state index in [1.165, 1.54) is 79.0 Å². The highest BCUT2D eigenvalue weighted by molar-refractivity contribution is 5.86. The molecule has 4 heteroatoms. The number of carbonyl (C=O) groups excluding carboxylic acids is 1. The molecular formula is C35H53N3O. The smallest absolute Gasteiger partial charge is 0.116 e. The van der Waals surface area contributed by atoms with Crippen molar-refractivity contribution in [2.45, 2.75) is 92.0 Å². The second kappa shape index (κ2) is 16.7. The molecule has 39 heavy (non-hydrogen) atoms. The number of hydrogen-bond donors (Lipinski definition) is 1. The number of rotatable bonds is 8. The normalized spacial score (nSPS) is 18.5. The Bertz CT molecular complexity index is 1150. The van der Waals surface area contributed by atoms with Crippen molar-refractivity contribution in [1.29, 1.82) is 0 Å². The summed E-state index contributed by atoms with van der Waals surface area (Å²) in [6, 6.07) is 11.4. The van der Waals surface area contributed by atoms with E-state index in [1.54, 1.807) is 0 Å². The van der Waals surface area contributed by atoms with Gasteiger partial charge in [-0.05, 0) is 90.5 Å². The highest BCUT2D eigenvalue weighted by atomic mass is 16.1. The molecule has 2 heterocycles. The third-order valence-electron chi connectivity index (χ3n) is 7.60. The molecule has 1 aromatic heterocycles. The van der Waals surface area contributed by atoms with E-state index in [1.807, 2.05) is 27.1 Å². The number of hydrogen-bond acceptors (Lipinski definition) is 3. The summed E-state index contributed by atoms with van der Waals surface area (Å²) in [4.78, 5) is 13.2. The number of allylic oxidation sites excluding steroid dienone is 3. The molecule has 1 saturated carbocycles. The lowest BCUT2D eigenvalue weighted by Gasteiger charge is -2.36. The first-order chi connectivity index (χ1) is 18.9. The van der Waals surface area contributed by atoms with Gasteiger partial charge in [0.1, 0.15) is 6.29 Å². The van der Waals surface area contributed by atoms with Gasteiger partial charge in [-0.25, -0.2) is 0 Å². The standard InChI is InChI=1S/C31H41N3.C2H4O.C2H6.H2/c1-5-10-26(22-32-3)28-13-14-29(33-30(28)15-19-31(2)17-7-6-8-18-31)25-12-9-11-24(21-25)27-16-20-34(4)23-27;1-2-3;1-2;/h9-14,16,20-23,30,33H,5-8,15,17-19H2,1-4H3;2H,1H3;1-2H3;1H/b26-10+,32-22?;;;. The van der Waals surface area contributed by atoms with E-state index < -0.39 is 0 Å². The summed E-state index contributed by atoms with van der Waals surface area (Å²) in [6.45, 7) is 10.2. The van der Waals surface area contributed by atoms with Crippen LogP contribution < -0.4 is 5.32 Å². The summed E-state index contributed by atoms with van der Waals surface area (Å²) in [5.41, 5.74) is 8.07. The van der Waals surface area contributed by atoms with Crippen LogP contribution in [0.25, 0.3) is 16.8 Å². The van der Waals surface area contributed by atoms with Crippen molar-refractivity contribution in [3.63, 3.8) is 0 Å². The van der Waals surface area contributed by atoms with Gasteiger partial charge in [-0.15, -0.1) is 0 Å². The van der Waals surface area contributed by atoms with E-state index in [0.29, 0.717) is 11.5 Å². The molecule has 1 fully saturated rings. The molecule has 1 aliphatic carbocycles. The maximum absolute atomic E-state index is 8.81. The number of nitrogens with zero attached hydrogens (tertiary/aromatic N) is 2. The van der Waals surface area contributed by atoms with Crippen LogP contribution >= 0.6 is 0 Å². The number of dihydropyridines is 1. The van der Waals surface area contributed by atoms with Gasteiger partial charge in [0.2, 0.25) is 0 Å². The number of aromatic nitrogens is 1. The SMILES string of the molecule is CC.CC/C=C(\C=NC)C1=CC=C(c2cccc(-c3ccn(C)c3)c2)NC1CCC1(C)CCCCC1.CC=O.[HH]. The molecule has 2 aromatic rings. The Morgan fingerprint density at radius 2 is 1.82 bits per heavy atom. The monoisotopic (exact) mass is 531 g/mol. The van der Waals surface area contributed by atoms with Crippen LogP contribution in [0.1, 0.15) is 93.0 Å². The molecule has 2 aliphatic rings. The van der Waals surface area contributed by atoms with Crippen LogP contribution in [0.4, 0.5) is 0 Å². The Balaban J connectivity index is 0.00000125. The van der Waals surface area contributed by atoms with Crippen molar-refractivity contribution in [2.75, 3.05) is 7.05 Å². The zero-order chi connectivity index (χ0) is 28.7. The molecule has 0 spiro atoms. The third-order valence-corrected chi connectivity index (χ3v) is 7.60. The number of aldehydes is 1. The molecule has 0 saturated heterocycles. The average molecular weight is 532 g/mol. The first-order valence-corrected chi connectivity index (χ1v) is 14.9. The van der Waals surface area contributed by atoms with Crippen molar-refractivity contribution < 1.29 is 6.22 Å². The van der Waals surface area contributed by atoms with E-state index in [9.17, 15) is 0 Å². The summed E-state index contributed by atoms with van der Waals surface area (Å²) in [6.07, 6.45) is 24.3. The summed E-state index contributed by atoms with van der Waals surface area (Å²) in [5, 5.41) is 3.94. The fraction of sp³-hybridized carbons (Fsp3) is 0.486. The molecule has 1 atom stereocenters. The maximum Gasteiger partial charge on any atom is 0.116 e. The fourth-order valence-corrected chi connectivity index (χ4v) is 5.60. The maximum atomic E-state index is 8.81. The van der Waals surface area contributed by atoms with E-state index in [2.05, 4.69) is 96.7 Å². The molecule has 4 nitrogen and oxygen atoms in total. The van der Waals surface area contributed by atoms with Gasteiger partial charge in [-0.2, -0.15) is 0 Å². The zero-order valence-electron chi connectivity index (χ0n) is 25.5. The van der Waals surface area contributed by atoms with Crippen molar-refractivity contribution >= 4 is 18.2 Å². The number of benzene rings is 1. The summed E-state index contributed by atoms with van der Waals surface area (Å²) < 4.78 is 2.11. The lowest BCUT2D eigenvalue weighted by atomic mass is 9.71. The topological polar surface area (TPSA) is 46.4 Å². The van der Waals surface area contributed by atoms with Crippen LogP contribution in [0.5, 0.6) is 0 Å². The van der Waals surface area contributed by atoms with Gasteiger partial charge < -0.3 is 14.7 Å². The van der Waals surface area contributed by atoms with Crippen LogP contribution in [-0.4, -0.2) is 30.2 Å². The van der Waals surface area contributed by atoms with E-state index >= 15 is 0 Å². The van der Waals surface area contributed by atoms with Crippen molar-refractivity contribution in [2.24, 2.45) is 17.5 Å². The second-order valence-electron chi connectivity index (χ2n) is 10.6. The predicted octanol–water partition coefficient (Wildman–Crippen LogP) is 9.20. The Hall–Kier alpha value is -3.14. The second-order valence-corrected chi connectivity index (χ2v) is 10.6. The van der Waals surface area contributed by atoms with Crippen LogP contribution in [0.3, 0.4) is 0 Å². The van der Waals surface area contributed by atoms with Gasteiger partial charge in [-0.1, -0.05) is 77.3 Å². The summed E-state index contributed by atoms with van der Waals surface area (Å²) >= 11 is 0. The van der Waals surface area contributed by atoms with Gasteiger partial charge in [0, 0.05) is 39.8 Å². The molecule has 1 unspecified atom stereocenters.